The van der Waals surface area contributed by atoms with Crippen LogP contribution < -0.4 is 10.6 Å². The molecule has 43 heavy (non-hydrogen) atoms. The van der Waals surface area contributed by atoms with Gasteiger partial charge in [0.2, 0.25) is 5.91 Å². The van der Waals surface area contributed by atoms with Crippen LogP contribution in [0.1, 0.15) is 40.9 Å². The summed E-state index contributed by atoms with van der Waals surface area (Å²) in [5.74, 6) is -6.59. The number of phenolic OH excluding ortho intramolecular Hbond substituents is 1. The van der Waals surface area contributed by atoms with E-state index in [1.165, 1.54) is 34.9 Å². The van der Waals surface area contributed by atoms with Crippen LogP contribution in [0.2, 0.25) is 0 Å². The summed E-state index contributed by atoms with van der Waals surface area (Å²) in [7, 11) is 0. The van der Waals surface area contributed by atoms with Gasteiger partial charge in [-0.25, -0.2) is 13.2 Å². The van der Waals surface area contributed by atoms with Crippen molar-refractivity contribution in [3.8, 4) is 5.75 Å². The second-order valence-corrected chi connectivity index (χ2v) is 12.4. The minimum Gasteiger partial charge on any atom is -0.508 e. The van der Waals surface area contributed by atoms with Crippen molar-refractivity contribution in [2.45, 2.75) is 56.7 Å². The predicted octanol–water partition coefficient (Wildman–Crippen LogP) is 3.82. The van der Waals surface area contributed by atoms with E-state index < -0.39 is 64.7 Å². The second kappa shape index (κ2) is 13.1. The number of carbonyl (C=O) groups is 3. The zero-order chi connectivity index (χ0) is 31.5. The van der Waals surface area contributed by atoms with E-state index in [-0.39, 0.29) is 29.2 Å². The molecule has 1 heterocycles. The number of amides is 3. The van der Waals surface area contributed by atoms with Gasteiger partial charge >= 0.3 is 0 Å². The van der Waals surface area contributed by atoms with E-state index in [2.05, 4.69) is 10.6 Å². The van der Waals surface area contributed by atoms with Gasteiger partial charge in [-0.3, -0.25) is 14.4 Å². The van der Waals surface area contributed by atoms with Crippen molar-refractivity contribution in [1.29, 1.82) is 0 Å². The molecule has 12 heteroatoms. The van der Waals surface area contributed by atoms with Crippen LogP contribution in [0.3, 0.4) is 0 Å². The lowest BCUT2D eigenvalue weighted by Crippen LogP contribution is -2.58. The Balaban J connectivity index is 1.56. The number of aliphatic hydroxyl groups is 1. The normalized spacial score (nSPS) is 17.3. The van der Waals surface area contributed by atoms with Crippen molar-refractivity contribution in [3.05, 3.63) is 100 Å². The number of carbonyl (C=O) groups excluding carboxylic acids is 3. The summed E-state index contributed by atoms with van der Waals surface area (Å²) >= 11 is 1.28. The minimum atomic E-state index is -1.77. The van der Waals surface area contributed by atoms with Crippen molar-refractivity contribution in [1.82, 2.24) is 15.5 Å². The summed E-state index contributed by atoms with van der Waals surface area (Å²) in [6.45, 7) is 4.57. The molecule has 3 amide bonds. The maximum atomic E-state index is 14.2. The van der Waals surface area contributed by atoms with Gasteiger partial charge in [0, 0.05) is 28.0 Å². The molecule has 0 radical (unpaired) electrons. The number of nitrogens with zero attached hydrogens (tertiary/aromatic N) is 1. The second-order valence-electron chi connectivity index (χ2n) is 10.8. The van der Waals surface area contributed by atoms with Gasteiger partial charge in [-0.05, 0) is 51.0 Å². The SMILES string of the molecule is Cc1c(O)cccc1C(=O)N[C@@H](Cc1ccccc1)[C@H](O)C(=O)N1CSC(C)(C)C1C(=O)NCc1ccc(F)c(F)c1F. The van der Waals surface area contributed by atoms with E-state index in [0.29, 0.717) is 5.56 Å². The number of rotatable bonds is 9. The molecule has 1 saturated heterocycles. The Morgan fingerprint density at radius 1 is 1.02 bits per heavy atom. The molecule has 0 bridgehead atoms. The molecule has 1 fully saturated rings. The van der Waals surface area contributed by atoms with Gasteiger partial charge in [-0.2, -0.15) is 0 Å². The van der Waals surface area contributed by atoms with Crippen molar-refractivity contribution in [2.75, 3.05) is 5.88 Å². The van der Waals surface area contributed by atoms with Crippen LogP contribution in [-0.4, -0.2) is 61.6 Å². The first-order chi connectivity index (χ1) is 20.3. The van der Waals surface area contributed by atoms with Crippen LogP contribution in [0.25, 0.3) is 0 Å². The predicted molar refractivity (Wildman–Crippen MR) is 156 cm³/mol. The maximum absolute atomic E-state index is 14.2. The van der Waals surface area contributed by atoms with Crippen LogP contribution in [0.5, 0.6) is 5.75 Å². The first-order valence-electron chi connectivity index (χ1n) is 13.5. The molecule has 1 unspecified atom stereocenters. The standard InChI is InChI=1S/C31H32F3N3O5S/c1-17-20(10-7-11-23(17)38)28(40)36-22(14-18-8-5-4-6-9-18)26(39)30(42)37-16-43-31(2,3)27(37)29(41)35-15-19-12-13-21(32)25(34)24(19)33/h4-13,22,26-27,38-39H,14-16H2,1-3H3,(H,35,41)(H,36,40)/t22-,26-,27?/m0/s1. The first-order valence-corrected chi connectivity index (χ1v) is 14.5. The number of phenols is 1. The highest BCUT2D eigenvalue weighted by atomic mass is 32.2. The van der Waals surface area contributed by atoms with Crippen molar-refractivity contribution in [2.24, 2.45) is 0 Å². The molecular weight excluding hydrogens is 583 g/mol. The molecule has 3 atom stereocenters. The zero-order valence-electron chi connectivity index (χ0n) is 23.7. The molecule has 3 aromatic carbocycles. The van der Waals surface area contributed by atoms with Crippen molar-refractivity contribution in [3.63, 3.8) is 0 Å². The molecular formula is C31H32F3N3O5S. The van der Waals surface area contributed by atoms with E-state index in [1.807, 2.05) is 0 Å². The van der Waals surface area contributed by atoms with Gasteiger partial charge in [-0.1, -0.05) is 42.5 Å². The van der Waals surface area contributed by atoms with Crippen molar-refractivity contribution >= 4 is 29.5 Å². The van der Waals surface area contributed by atoms with E-state index in [1.54, 1.807) is 51.1 Å². The molecule has 0 aliphatic carbocycles. The highest BCUT2D eigenvalue weighted by molar-refractivity contribution is 8.00. The Morgan fingerprint density at radius 3 is 2.42 bits per heavy atom. The third-order valence-corrected chi connectivity index (χ3v) is 8.82. The monoisotopic (exact) mass is 615 g/mol. The Bertz CT molecular complexity index is 1520. The highest BCUT2D eigenvalue weighted by Crippen LogP contribution is 2.40. The smallest absolute Gasteiger partial charge is 0.254 e. The zero-order valence-corrected chi connectivity index (χ0v) is 24.6. The Morgan fingerprint density at radius 2 is 1.72 bits per heavy atom. The number of nitrogens with one attached hydrogen (secondary N) is 2. The molecule has 3 aromatic rings. The fraction of sp³-hybridized carbons (Fsp3) is 0.323. The van der Waals surface area contributed by atoms with Gasteiger partial charge in [0.15, 0.2) is 23.6 Å². The Labute approximate surface area is 251 Å². The number of benzene rings is 3. The maximum Gasteiger partial charge on any atom is 0.254 e. The number of hydrogen-bond acceptors (Lipinski definition) is 6. The first kappa shape index (κ1) is 31.9. The Hall–Kier alpha value is -4.03. The summed E-state index contributed by atoms with van der Waals surface area (Å²) in [5, 5.41) is 26.6. The average molecular weight is 616 g/mol. The van der Waals surface area contributed by atoms with Crippen LogP contribution in [0, 0.1) is 24.4 Å². The number of halogens is 3. The Kier molecular flexibility index (Phi) is 9.71. The quantitative estimate of drug-likeness (QED) is 0.272. The van der Waals surface area contributed by atoms with Gasteiger partial charge in [-0.15, -0.1) is 11.8 Å². The molecule has 4 N–H and O–H groups in total. The summed E-state index contributed by atoms with van der Waals surface area (Å²) in [4.78, 5) is 41.5. The molecule has 0 spiro atoms. The fourth-order valence-corrected chi connectivity index (χ4v) is 6.10. The van der Waals surface area contributed by atoms with E-state index in [9.17, 15) is 37.8 Å². The van der Waals surface area contributed by atoms with Crippen molar-refractivity contribution < 1.29 is 37.8 Å². The van der Waals surface area contributed by atoms with Gasteiger partial charge in [0.05, 0.1) is 11.9 Å². The van der Waals surface area contributed by atoms with Crippen LogP contribution in [-0.2, 0) is 22.6 Å². The molecule has 228 valence electrons. The summed E-state index contributed by atoms with van der Waals surface area (Å²) < 4.78 is 40.4. The minimum absolute atomic E-state index is 0.0399. The summed E-state index contributed by atoms with van der Waals surface area (Å²) in [6, 6.07) is 12.9. The fourth-order valence-electron chi connectivity index (χ4n) is 4.96. The third kappa shape index (κ3) is 6.97. The average Bonchev–Trinajstić information content (AvgIpc) is 3.30. The lowest BCUT2D eigenvalue weighted by Gasteiger charge is -2.33. The third-order valence-electron chi connectivity index (χ3n) is 7.44. The van der Waals surface area contributed by atoms with Gasteiger partial charge in [0.25, 0.3) is 11.8 Å². The number of thioether (sulfide) groups is 1. The number of hydrogen-bond donors (Lipinski definition) is 4. The van der Waals surface area contributed by atoms with E-state index >= 15 is 0 Å². The molecule has 8 nitrogen and oxygen atoms in total. The van der Waals surface area contributed by atoms with Gasteiger partial charge < -0.3 is 25.7 Å². The summed E-state index contributed by atoms with van der Waals surface area (Å²) in [6.07, 6.45) is -1.69. The molecule has 1 aliphatic heterocycles. The van der Waals surface area contributed by atoms with Crippen LogP contribution in [0.15, 0.2) is 60.7 Å². The lowest BCUT2D eigenvalue weighted by molar-refractivity contribution is -0.147. The number of aliphatic hydroxyl groups excluding tert-OH is 1. The number of aromatic hydroxyl groups is 1. The topological polar surface area (TPSA) is 119 Å². The van der Waals surface area contributed by atoms with Crippen LogP contribution >= 0.6 is 11.8 Å². The molecule has 4 rings (SSSR count). The molecule has 1 aliphatic rings. The molecule has 0 aromatic heterocycles. The lowest BCUT2D eigenvalue weighted by atomic mass is 9.96. The van der Waals surface area contributed by atoms with E-state index in [0.717, 1.165) is 17.7 Å². The largest absolute Gasteiger partial charge is 0.508 e. The van der Waals surface area contributed by atoms with Gasteiger partial charge in [0.1, 0.15) is 11.8 Å². The molecule has 0 saturated carbocycles. The highest BCUT2D eigenvalue weighted by Gasteiger charge is 2.49. The van der Waals surface area contributed by atoms with Crippen LogP contribution in [0.4, 0.5) is 13.2 Å². The van der Waals surface area contributed by atoms with E-state index in [4.69, 9.17) is 0 Å². The summed E-state index contributed by atoms with van der Waals surface area (Å²) in [5.41, 5.74) is 0.941.